The molecule has 0 saturated carbocycles. The lowest BCUT2D eigenvalue weighted by atomic mass is 9.83. The summed E-state index contributed by atoms with van der Waals surface area (Å²) in [7, 11) is 0. The summed E-state index contributed by atoms with van der Waals surface area (Å²) in [6, 6.07) is 13.9. The molecule has 0 aromatic heterocycles. The van der Waals surface area contributed by atoms with Gasteiger partial charge in [0.1, 0.15) is 0 Å². The van der Waals surface area contributed by atoms with E-state index >= 15 is 0 Å². The molecule has 2 aromatic rings. The van der Waals surface area contributed by atoms with Crippen molar-refractivity contribution >= 4 is 16.7 Å². The second-order valence-corrected chi connectivity index (χ2v) is 6.30. The predicted molar refractivity (Wildman–Crippen MR) is 86.5 cm³/mol. The standard InChI is InChI=1S/C18H22N2O/c1-18(10-5-11-19-12-18)13-20-17(21)16-9-4-7-14-6-2-3-8-15(14)16/h2-4,6-9,19H,5,10-13H2,1H3,(H,20,21). The number of benzene rings is 2. The highest BCUT2D eigenvalue weighted by Gasteiger charge is 2.27. The highest BCUT2D eigenvalue weighted by molar-refractivity contribution is 6.07. The molecule has 1 fully saturated rings. The third-order valence-electron chi connectivity index (χ3n) is 4.40. The number of amides is 1. The summed E-state index contributed by atoms with van der Waals surface area (Å²) in [5.74, 6) is 0.0265. The van der Waals surface area contributed by atoms with Crippen LogP contribution in [0.1, 0.15) is 30.1 Å². The molecule has 2 aromatic carbocycles. The molecule has 1 saturated heterocycles. The monoisotopic (exact) mass is 282 g/mol. The van der Waals surface area contributed by atoms with Crippen LogP contribution in [0.5, 0.6) is 0 Å². The van der Waals surface area contributed by atoms with Crippen molar-refractivity contribution in [2.45, 2.75) is 19.8 Å². The Morgan fingerprint density at radius 1 is 1.24 bits per heavy atom. The molecule has 0 bridgehead atoms. The van der Waals surface area contributed by atoms with Gasteiger partial charge < -0.3 is 10.6 Å². The van der Waals surface area contributed by atoms with Gasteiger partial charge in [-0.1, -0.05) is 43.3 Å². The van der Waals surface area contributed by atoms with Gasteiger partial charge in [-0.3, -0.25) is 4.79 Å². The molecule has 1 unspecified atom stereocenters. The maximum atomic E-state index is 12.5. The first-order valence-corrected chi connectivity index (χ1v) is 7.65. The van der Waals surface area contributed by atoms with Gasteiger partial charge in [0, 0.05) is 18.7 Å². The average Bonchev–Trinajstić information content (AvgIpc) is 2.53. The van der Waals surface area contributed by atoms with Crippen molar-refractivity contribution in [1.29, 1.82) is 0 Å². The Morgan fingerprint density at radius 2 is 2.05 bits per heavy atom. The molecule has 2 N–H and O–H groups in total. The molecule has 0 aliphatic carbocycles. The van der Waals surface area contributed by atoms with E-state index in [1.54, 1.807) is 0 Å². The van der Waals surface area contributed by atoms with Gasteiger partial charge in [-0.05, 0) is 41.6 Å². The van der Waals surface area contributed by atoms with Crippen LogP contribution in [0.25, 0.3) is 10.8 Å². The van der Waals surface area contributed by atoms with Crippen LogP contribution in [0.2, 0.25) is 0 Å². The van der Waals surface area contributed by atoms with E-state index in [9.17, 15) is 4.79 Å². The van der Waals surface area contributed by atoms with Crippen LogP contribution >= 0.6 is 0 Å². The second kappa shape index (κ2) is 5.86. The van der Waals surface area contributed by atoms with Gasteiger partial charge in [0.05, 0.1) is 0 Å². The summed E-state index contributed by atoms with van der Waals surface area (Å²) in [5, 5.41) is 8.66. The van der Waals surface area contributed by atoms with Crippen LogP contribution in [0.3, 0.4) is 0 Å². The Kier molecular flexibility index (Phi) is 3.93. The van der Waals surface area contributed by atoms with Crippen molar-refractivity contribution in [2.24, 2.45) is 5.41 Å². The quantitative estimate of drug-likeness (QED) is 0.908. The molecule has 0 spiro atoms. The topological polar surface area (TPSA) is 41.1 Å². The molecule has 21 heavy (non-hydrogen) atoms. The van der Waals surface area contributed by atoms with Crippen molar-refractivity contribution in [3.63, 3.8) is 0 Å². The van der Waals surface area contributed by atoms with Gasteiger partial charge in [0.25, 0.3) is 5.91 Å². The number of piperidine rings is 1. The fraction of sp³-hybridized carbons (Fsp3) is 0.389. The maximum Gasteiger partial charge on any atom is 0.251 e. The Balaban J connectivity index is 1.75. The van der Waals surface area contributed by atoms with E-state index in [0.717, 1.165) is 42.4 Å². The average molecular weight is 282 g/mol. The van der Waals surface area contributed by atoms with E-state index in [-0.39, 0.29) is 11.3 Å². The molecule has 1 heterocycles. The number of rotatable bonds is 3. The Hall–Kier alpha value is -1.87. The van der Waals surface area contributed by atoms with E-state index in [0.29, 0.717) is 0 Å². The summed E-state index contributed by atoms with van der Waals surface area (Å²) in [6.07, 6.45) is 2.34. The summed E-state index contributed by atoms with van der Waals surface area (Å²) in [6.45, 7) is 5.03. The van der Waals surface area contributed by atoms with Crippen molar-refractivity contribution in [2.75, 3.05) is 19.6 Å². The first kappa shape index (κ1) is 14.1. The van der Waals surface area contributed by atoms with Crippen LogP contribution < -0.4 is 10.6 Å². The molecule has 1 amide bonds. The van der Waals surface area contributed by atoms with Crippen LogP contribution in [-0.4, -0.2) is 25.5 Å². The fourth-order valence-electron chi connectivity index (χ4n) is 3.08. The van der Waals surface area contributed by atoms with E-state index in [1.807, 2.05) is 42.5 Å². The molecule has 3 heteroatoms. The van der Waals surface area contributed by atoms with Gasteiger partial charge in [-0.2, -0.15) is 0 Å². The predicted octanol–water partition coefficient (Wildman–Crippen LogP) is 2.96. The number of nitrogens with one attached hydrogen (secondary N) is 2. The number of carbonyl (C=O) groups excluding carboxylic acids is 1. The first-order valence-electron chi connectivity index (χ1n) is 7.65. The molecular weight excluding hydrogens is 260 g/mol. The van der Waals surface area contributed by atoms with Crippen LogP contribution in [0, 0.1) is 5.41 Å². The molecule has 0 radical (unpaired) electrons. The minimum Gasteiger partial charge on any atom is -0.351 e. The SMILES string of the molecule is CC1(CNC(=O)c2cccc3ccccc23)CCCNC1. The molecule has 110 valence electrons. The molecule has 3 rings (SSSR count). The highest BCUT2D eigenvalue weighted by atomic mass is 16.1. The van der Waals surface area contributed by atoms with E-state index in [2.05, 4.69) is 17.6 Å². The Labute approximate surface area is 125 Å². The first-order chi connectivity index (χ1) is 10.2. The molecule has 3 nitrogen and oxygen atoms in total. The zero-order chi connectivity index (χ0) is 14.7. The second-order valence-electron chi connectivity index (χ2n) is 6.30. The summed E-state index contributed by atoms with van der Waals surface area (Å²) in [5.41, 5.74) is 0.929. The maximum absolute atomic E-state index is 12.5. The van der Waals surface area contributed by atoms with Crippen LogP contribution in [-0.2, 0) is 0 Å². The highest BCUT2D eigenvalue weighted by Crippen LogP contribution is 2.25. The summed E-state index contributed by atoms with van der Waals surface area (Å²) < 4.78 is 0. The lowest BCUT2D eigenvalue weighted by molar-refractivity contribution is 0.0926. The molecule has 1 atom stereocenters. The number of carbonyl (C=O) groups is 1. The lowest BCUT2D eigenvalue weighted by Crippen LogP contribution is -2.45. The zero-order valence-corrected chi connectivity index (χ0v) is 12.5. The largest absolute Gasteiger partial charge is 0.351 e. The Bertz CT molecular complexity index is 639. The van der Waals surface area contributed by atoms with Crippen LogP contribution in [0.4, 0.5) is 0 Å². The normalized spacial score (nSPS) is 22.1. The Morgan fingerprint density at radius 3 is 2.86 bits per heavy atom. The van der Waals surface area contributed by atoms with Crippen molar-refractivity contribution in [3.8, 4) is 0 Å². The van der Waals surface area contributed by atoms with Crippen molar-refractivity contribution in [3.05, 3.63) is 48.0 Å². The fourth-order valence-corrected chi connectivity index (χ4v) is 3.08. The number of fused-ring (bicyclic) bond motifs is 1. The summed E-state index contributed by atoms with van der Waals surface area (Å²) >= 11 is 0. The smallest absolute Gasteiger partial charge is 0.251 e. The van der Waals surface area contributed by atoms with Crippen molar-refractivity contribution in [1.82, 2.24) is 10.6 Å². The molecule has 1 aliphatic heterocycles. The number of hydrogen-bond donors (Lipinski definition) is 2. The minimum absolute atomic E-state index is 0.0265. The van der Waals surface area contributed by atoms with Crippen LogP contribution in [0.15, 0.2) is 42.5 Å². The third kappa shape index (κ3) is 3.08. The van der Waals surface area contributed by atoms with Gasteiger partial charge in [0.2, 0.25) is 0 Å². The molecule has 1 aliphatic rings. The summed E-state index contributed by atoms with van der Waals surface area (Å²) in [4.78, 5) is 12.5. The van der Waals surface area contributed by atoms with Gasteiger partial charge in [0.15, 0.2) is 0 Å². The van der Waals surface area contributed by atoms with E-state index in [4.69, 9.17) is 0 Å². The van der Waals surface area contributed by atoms with Gasteiger partial charge in [-0.15, -0.1) is 0 Å². The van der Waals surface area contributed by atoms with E-state index < -0.39 is 0 Å². The number of hydrogen-bond acceptors (Lipinski definition) is 2. The minimum atomic E-state index is 0.0265. The molecular formula is C18H22N2O. The lowest BCUT2D eigenvalue weighted by Gasteiger charge is -2.34. The zero-order valence-electron chi connectivity index (χ0n) is 12.5. The van der Waals surface area contributed by atoms with E-state index in [1.165, 1.54) is 6.42 Å². The van der Waals surface area contributed by atoms with Gasteiger partial charge >= 0.3 is 0 Å². The van der Waals surface area contributed by atoms with Crippen molar-refractivity contribution < 1.29 is 4.79 Å². The third-order valence-corrected chi connectivity index (χ3v) is 4.40. The van der Waals surface area contributed by atoms with Gasteiger partial charge in [-0.25, -0.2) is 0 Å².